The lowest BCUT2D eigenvalue weighted by Crippen LogP contribution is -2.40. The summed E-state index contributed by atoms with van der Waals surface area (Å²) in [6.07, 6.45) is 8.29. The predicted molar refractivity (Wildman–Crippen MR) is 105 cm³/mol. The zero-order valence-electron chi connectivity index (χ0n) is 14.6. The van der Waals surface area contributed by atoms with Gasteiger partial charge in [-0.25, -0.2) is 4.98 Å². The summed E-state index contributed by atoms with van der Waals surface area (Å²) in [6.45, 7) is 4.29. The van der Waals surface area contributed by atoms with Crippen molar-refractivity contribution in [2.75, 3.05) is 31.6 Å². The Kier molecular flexibility index (Phi) is 4.95. The number of pyridine rings is 2. The molecular formula is C20H24N4S. The predicted octanol–water partition coefficient (Wildman–Crippen LogP) is 4.04. The van der Waals surface area contributed by atoms with Crippen LogP contribution in [0.4, 0.5) is 5.82 Å². The molecule has 1 saturated heterocycles. The van der Waals surface area contributed by atoms with Crippen LogP contribution in [0.25, 0.3) is 10.1 Å². The number of hydrogen-bond donors (Lipinski definition) is 0. The molecule has 0 unspecified atom stereocenters. The first-order chi connectivity index (χ1) is 12.3. The summed E-state index contributed by atoms with van der Waals surface area (Å²) >= 11 is 1.80. The summed E-state index contributed by atoms with van der Waals surface area (Å²) in [5.41, 5.74) is 1.28. The largest absolute Gasteiger partial charge is 0.355 e. The zero-order chi connectivity index (χ0) is 17.1. The SMILES string of the molecule is CN(Cc1cccnc1)C[C@H]1CCCN(c2nccc3ccsc23)C1. The molecule has 1 aliphatic rings. The lowest BCUT2D eigenvalue weighted by molar-refractivity contribution is 0.248. The van der Waals surface area contributed by atoms with Gasteiger partial charge in [-0.05, 0) is 60.3 Å². The summed E-state index contributed by atoms with van der Waals surface area (Å²) in [7, 11) is 2.21. The average Bonchev–Trinajstić information content (AvgIpc) is 3.11. The zero-order valence-corrected chi connectivity index (χ0v) is 15.5. The molecule has 0 aliphatic carbocycles. The number of hydrogen-bond acceptors (Lipinski definition) is 5. The van der Waals surface area contributed by atoms with Crippen LogP contribution in [-0.2, 0) is 6.54 Å². The van der Waals surface area contributed by atoms with Crippen molar-refractivity contribution in [2.24, 2.45) is 5.92 Å². The second-order valence-electron chi connectivity index (χ2n) is 6.99. The summed E-state index contributed by atoms with van der Waals surface area (Å²) in [5, 5.41) is 3.48. The van der Waals surface area contributed by atoms with Gasteiger partial charge in [0.2, 0.25) is 0 Å². The number of nitrogens with zero attached hydrogens (tertiary/aromatic N) is 4. The van der Waals surface area contributed by atoms with Gasteiger partial charge in [0.05, 0.1) is 4.70 Å². The van der Waals surface area contributed by atoms with E-state index in [1.54, 1.807) is 11.3 Å². The minimum Gasteiger partial charge on any atom is -0.355 e. The summed E-state index contributed by atoms with van der Waals surface area (Å²) in [5.74, 6) is 1.86. The van der Waals surface area contributed by atoms with Crippen LogP contribution in [0.1, 0.15) is 18.4 Å². The smallest absolute Gasteiger partial charge is 0.146 e. The molecule has 4 heterocycles. The monoisotopic (exact) mass is 352 g/mol. The van der Waals surface area contributed by atoms with E-state index in [1.165, 1.54) is 34.3 Å². The number of aromatic nitrogens is 2. The van der Waals surface area contributed by atoms with E-state index in [-0.39, 0.29) is 0 Å². The van der Waals surface area contributed by atoms with Gasteiger partial charge in [0, 0.05) is 44.8 Å². The molecule has 0 aromatic carbocycles. The Morgan fingerprint density at radius 1 is 1.28 bits per heavy atom. The maximum absolute atomic E-state index is 4.70. The van der Waals surface area contributed by atoms with E-state index in [0.29, 0.717) is 5.92 Å². The fraction of sp³-hybridized carbons (Fsp3) is 0.400. The van der Waals surface area contributed by atoms with Crippen LogP contribution in [0, 0.1) is 5.92 Å². The first kappa shape index (κ1) is 16.5. The molecule has 3 aromatic rings. The maximum Gasteiger partial charge on any atom is 0.146 e. The molecule has 0 N–H and O–H groups in total. The molecule has 1 atom stereocenters. The maximum atomic E-state index is 4.70. The number of piperidine rings is 1. The number of fused-ring (bicyclic) bond motifs is 1. The van der Waals surface area contributed by atoms with Gasteiger partial charge in [-0.15, -0.1) is 11.3 Å². The summed E-state index contributed by atoms with van der Waals surface area (Å²) in [4.78, 5) is 13.8. The van der Waals surface area contributed by atoms with E-state index < -0.39 is 0 Å². The van der Waals surface area contributed by atoms with Crippen molar-refractivity contribution in [3.63, 3.8) is 0 Å². The molecule has 1 aliphatic heterocycles. The van der Waals surface area contributed by atoms with Crippen LogP contribution in [-0.4, -0.2) is 41.5 Å². The lowest BCUT2D eigenvalue weighted by Gasteiger charge is -2.35. The number of thiophene rings is 1. The minimum atomic E-state index is 0.687. The summed E-state index contributed by atoms with van der Waals surface area (Å²) < 4.78 is 1.33. The van der Waals surface area contributed by atoms with Gasteiger partial charge >= 0.3 is 0 Å². The Hall–Kier alpha value is -1.98. The third-order valence-corrected chi connectivity index (χ3v) is 5.84. The van der Waals surface area contributed by atoms with E-state index in [9.17, 15) is 0 Å². The van der Waals surface area contributed by atoms with Crippen molar-refractivity contribution in [3.05, 3.63) is 53.8 Å². The molecular weight excluding hydrogens is 328 g/mol. The standard InChI is InChI=1S/C20H24N4S/c1-23(13-16-4-2-8-21-12-16)14-17-5-3-10-24(15-17)20-19-18(6-9-22-20)7-11-25-19/h2,4,6-9,11-12,17H,3,5,10,13-15H2,1H3/t17-/m1/s1. The van der Waals surface area contributed by atoms with Crippen molar-refractivity contribution in [3.8, 4) is 0 Å². The number of anilines is 1. The molecule has 0 bridgehead atoms. The molecule has 0 saturated carbocycles. The summed E-state index contributed by atoms with van der Waals surface area (Å²) in [6, 6.07) is 8.46. The highest BCUT2D eigenvalue weighted by Crippen LogP contribution is 2.32. The lowest BCUT2D eigenvalue weighted by atomic mass is 9.97. The van der Waals surface area contributed by atoms with E-state index in [0.717, 1.165) is 26.2 Å². The Bertz CT molecular complexity index is 817. The molecule has 4 nitrogen and oxygen atoms in total. The Labute approximate surface area is 153 Å². The Morgan fingerprint density at radius 2 is 2.24 bits per heavy atom. The van der Waals surface area contributed by atoms with E-state index in [4.69, 9.17) is 4.98 Å². The van der Waals surface area contributed by atoms with Gasteiger partial charge in [0.25, 0.3) is 0 Å². The molecule has 0 spiro atoms. The Morgan fingerprint density at radius 3 is 3.12 bits per heavy atom. The first-order valence-corrected chi connectivity index (χ1v) is 9.82. The highest BCUT2D eigenvalue weighted by Gasteiger charge is 2.23. The van der Waals surface area contributed by atoms with Crippen LogP contribution in [0.3, 0.4) is 0 Å². The molecule has 5 heteroatoms. The van der Waals surface area contributed by atoms with Crippen molar-refractivity contribution >= 4 is 27.2 Å². The van der Waals surface area contributed by atoms with Gasteiger partial charge in [0.15, 0.2) is 0 Å². The van der Waals surface area contributed by atoms with Crippen molar-refractivity contribution < 1.29 is 0 Å². The van der Waals surface area contributed by atoms with Crippen LogP contribution in [0.15, 0.2) is 48.2 Å². The van der Waals surface area contributed by atoms with Gasteiger partial charge in [-0.1, -0.05) is 6.07 Å². The quantitative estimate of drug-likeness (QED) is 0.694. The highest BCUT2D eigenvalue weighted by atomic mass is 32.1. The topological polar surface area (TPSA) is 32.3 Å². The molecule has 1 fully saturated rings. The fourth-order valence-electron chi connectivity index (χ4n) is 3.82. The van der Waals surface area contributed by atoms with Gasteiger partial charge in [0.1, 0.15) is 5.82 Å². The Balaban J connectivity index is 1.42. The van der Waals surface area contributed by atoms with Gasteiger partial charge in [-0.3, -0.25) is 4.98 Å². The van der Waals surface area contributed by atoms with Crippen LogP contribution in [0.5, 0.6) is 0 Å². The molecule has 0 amide bonds. The molecule has 3 aromatic heterocycles. The second-order valence-corrected chi connectivity index (χ2v) is 7.90. The normalized spacial score (nSPS) is 18.2. The van der Waals surface area contributed by atoms with E-state index >= 15 is 0 Å². The van der Waals surface area contributed by atoms with Crippen molar-refractivity contribution in [1.29, 1.82) is 0 Å². The second kappa shape index (κ2) is 7.50. The third-order valence-electron chi connectivity index (χ3n) is 4.91. The van der Waals surface area contributed by atoms with E-state index in [1.807, 2.05) is 24.7 Å². The van der Waals surface area contributed by atoms with Crippen LogP contribution < -0.4 is 4.90 Å². The molecule has 130 valence electrons. The fourth-order valence-corrected chi connectivity index (χ4v) is 4.73. The third kappa shape index (κ3) is 3.83. The molecule has 4 rings (SSSR count). The van der Waals surface area contributed by atoms with Crippen LogP contribution in [0.2, 0.25) is 0 Å². The van der Waals surface area contributed by atoms with Gasteiger partial charge in [-0.2, -0.15) is 0 Å². The van der Waals surface area contributed by atoms with Crippen molar-refractivity contribution in [2.45, 2.75) is 19.4 Å². The molecule has 25 heavy (non-hydrogen) atoms. The first-order valence-electron chi connectivity index (χ1n) is 8.94. The molecule has 0 radical (unpaired) electrons. The van der Waals surface area contributed by atoms with Crippen LogP contribution >= 0.6 is 11.3 Å². The van der Waals surface area contributed by atoms with E-state index in [2.05, 4.69) is 45.4 Å². The minimum absolute atomic E-state index is 0.687. The number of rotatable bonds is 5. The van der Waals surface area contributed by atoms with Crippen molar-refractivity contribution in [1.82, 2.24) is 14.9 Å². The van der Waals surface area contributed by atoms with Gasteiger partial charge < -0.3 is 9.80 Å². The average molecular weight is 353 g/mol. The highest BCUT2D eigenvalue weighted by molar-refractivity contribution is 7.17.